The molecule has 1 N–H and O–H groups in total. The normalized spacial score (nSPS) is 42.6. The van der Waals surface area contributed by atoms with Crippen molar-refractivity contribution >= 4 is 0 Å². The molecule has 1 aliphatic carbocycles. The molecule has 0 amide bonds. The molecule has 1 saturated carbocycles. The number of hydrogen-bond donors (Lipinski definition) is 1. The highest BCUT2D eigenvalue weighted by molar-refractivity contribution is 4.93. The number of nitrogens with zero attached hydrogens (tertiary/aromatic N) is 1. The molecule has 0 aromatic heterocycles. The molecule has 2 heterocycles. The van der Waals surface area contributed by atoms with Crippen LogP contribution in [0.4, 0.5) is 0 Å². The molecule has 2 saturated heterocycles. The van der Waals surface area contributed by atoms with Crippen LogP contribution in [0.15, 0.2) is 0 Å². The van der Waals surface area contributed by atoms with Crippen LogP contribution in [0, 0.1) is 17.8 Å². The fourth-order valence-corrected chi connectivity index (χ4v) is 5.18. The quantitative estimate of drug-likeness (QED) is 0.823. The van der Waals surface area contributed by atoms with Crippen LogP contribution in [0.1, 0.15) is 58.8 Å². The average molecular weight is 264 g/mol. The van der Waals surface area contributed by atoms with E-state index in [0.717, 1.165) is 29.8 Å². The van der Waals surface area contributed by atoms with Crippen molar-refractivity contribution < 1.29 is 0 Å². The second-order valence-corrected chi connectivity index (χ2v) is 7.61. The van der Waals surface area contributed by atoms with Gasteiger partial charge < -0.3 is 5.32 Å². The van der Waals surface area contributed by atoms with Crippen molar-refractivity contribution in [1.82, 2.24) is 10.2 Å². The zero-order chi connectivity index (χ0) is 13.2. The van der Waals surface area contributed by atoms with Gasteiger partial charge in [-0.25, -0.2) is 0 Å². The molecule has 2 aliphatic heterocycles. The van der Waals surface area contributed by atoms with Gasteiger partial charge in [-0.15, -0.1) is 0 Å². The Balaban J connectivity index is 1.64. The predicted molar refractivity (Wildman–Crippen MR) is 81.3 cm³/mol. The summed E-state index contributed by atoms with van der Waals surface area (Å²) >= 11 is 0. The molecule has 110 valence electrons. The average Bonchev–Trinajstić information content (AvgIpc) is 2.88. The zero-order valence-corrected chi connectivity index (χ0v) is 12.9. The van der Waals surface area contributed by atoms with Crippen LogP contribution in [0.2, 0.25) is 0 Å². The summed E-state index contributed by atoms with van der Waals surface area (Å²) in [4.78, 5) is 2.95. The van der Waals surface area contributed by atoms with E-state index in [1.54, 1.807) is 0 Å². The van der Waals surface area contributed by atoms with Crippen molar-refractivity contribution in [2.75, 3.05) is 19.6 Å². The molecular weight excluding hydrogens is 232 g/mol. The summed E-state index contributed by atoms with van der Waals surface area (Å²) in [5.41, 5.74) is 0. The maximum atomic E-state index is 3.53. The summed E-state index contributed by atoms with van der Waals surface area (Å²) in [6.07, 6.45) is 10.1. The highest BCUT2D eigenvalue weighted by atomic mass is 15.2. The number of hydrogen-bond acceptors (Lipinski definition) is 2. The van der Waals surface area contributed by atoms with Crippen molar-refractivity contribution in [3.05, 3.63) is 0 Å². The van der Waals surface area contributed by atoms with Crippen LogP contribution in [0.3, 0.4) is 0 Å². The third-order valence-electron chi connectivity index (χ3n) is 5.89. The van der Waals surface area contributed by atoms with E-state index in [9.17, 15) is 0 Å². The molecule has 0 aromatic carbocycles. The molecule has 3 aliphatic rings. The minimum atomic E-state index is 0.904. The minimum Gasteiger partial charge on any atom is -0.317 e. The lowest BCUT2D eigenvalue weighted by atomic mass is 9.78. The van der Waals surface area contributed by atoms with Crippen LogP contribution in [0.5, 0.6) is 0 Å². The van der Waals surface area contributed by atoms with E-state index in [-0.39, 0.29) is 0 Å². The lowest BCUT2D eigenvalue weighted by Gasteiger charge is -2.43. The molecular formula is C17H32N2. The van der Waals surface area contributed by atoms with Gasteiger partial charge in [0, 0.05) is 12.1 Å². The Bertz CT molecular complexity index is 275. The maximum Gasteiger partial charge on any atom is 0.0128 e. The first-order valence-corrected chi connectivity index (χ1v) is 8.70. The van der Waals surface area contributed by atoms with E-state index in [4.69, 9.17) is 0 Å². The molecule has 0 spiro atoms. The fraction of sp³-hybridized carbons (Fsp3) is 1.00. The fourth-order valence-electron chi connectivity index (χ4n) is 5.18. The van der Waals surface area contributed by atoms with Crippen molar-refractivity contribution in [1.29, 1.82) is 0 Å². The first-order chi connectivity index (χ1) is 9.24. The van der Waals surface area contributed by atoms with E-state index < -0.39 is 0 Å². The van der Waals surface area contributed by atoms with Crippen molar-refractivity contribution in [3.63, 3.8) is 0 Å². The minimum absolute atomic E-state index is 0.904. The van der Waals surface area contributed by atoms with Crippen molar-refractivity contribution in [3.8, 4) is 0 Å². The summed E-state index contributed by atoms with van der Waals surface area (Å²) in [5.74, 6) is 2.88. The van der Waals surface area contributed by atoms with Crippen molar-refractivity contribution in [2.45, 2.75) is 70.9 Å². The van der Waals surface area contributed by atoms with Crippen molar-refractivity contribution in [2.24, 2.45) is 17.8 Å². The molecule has 3 unspecified atom stereocenters. The Morgan fingerprint density at radius 2 is 1.58 bits per heavy atom. The van der Waals surface area contributed by atoms with Crippen LogP contribution in [-0.4, -0.2) is 36.6 Å². The van der Waals surface area contributed by atoms with Crippen LogP contribution >= 0.6 is 0 Å². The van der Waals surface area contributed by atoms with E-state index in [0.29, 0.717) is 0 Å². The summed E-state index contributed by atoms with van der Waals surface area (Å²) in [6.45, 7) is 8.84. The summed E-state index contributed by atoms with van der Waals surface area (Å²) < 4.78 is 0. The highest BCUT2D eigenvalue weighted by Gasteiger charge is 2.38. The summed E-state index contributed by atoms with van der Waals surface area (Å²) in [5, 5.41) is 3.53. The van der Waals surface area contributed by atoms with Gasteiger partial charge in [-0.3, -0.25) is 4.90 Å². The van der Waals surface area contributed by atoms with Gasteiger partial charge in [0.05, 0.1) is 0 Å². The lowest BCUT2D eigenvalue weighted by molar-refractivity contribution is 0.0660. The third-order valence-corrected chi connectivity index (χ3v) is 5.89. The summed E-state index contributed by atoms with van der Waals surface area (Å²) in [6, 6.07) is 1.82. The number of rotatable bonds is 2. The van der Waals surface area contributed by atoms with E-state index >= 15 is 0 Å². The second-order valence-electron chi connectivity index (χ2n) is 7.61. The molecule has 2 heteroatoms. The molecule has 0 radical (unpaired) electrons. The molecule has 19 heavy (non-hydrogen) atoms. The molecule has 3 fully saturated rings. The van der Waals surface area contributed by atoms with Gasteiger partial charge in [-0.05, 0) is 82.3 Å². The largest absolute Gasteiger partial charge is 0.317 e. The van der Waals surface area contributed by atoms with Crippen LogP contribution in [-0.2, 0) is 0 Å². The highest BCUT2D eigenvalue weighted by Crippen LogP contribution is 2.38. The zero-order valence-electron chi connectivity index (χ0n) is 12.9. The van der Waals surface area contributed by atoms with Gasteiger partial charge in [0.1, 0.15) is 0 Å². The number of piperidine rings is 1. The molecule has 3 rings (SSSR count). The Labute approximate surface area is 119 Å². The standard InChI is InChI=1S/C17H32N2/c1-13-10-14(2)12-16(11-13)19-9-3-4-17(19)15-5-7-18-8-6-15/h13-18H,3-12H2,1-2H3. The van der Waals surface area contributed by atoms with E-state index in [1.165, 1.54) is 64.6 Å². The van der Waals surface area contributed by atoms with Gasteiger partial charge in [0.25, 0.3) is 0 Å². The van der Waals surface area contributed by atoms with Crippen LogP contribution < -0.4 is 5.32 Å². The SMILES string of the molecule is CC1CC(C)CC(N2CCCC2C2CCNCC2)C1. The summed E-state index contributed by atoms with van der Waals surface area (Å²) in [7, 11) is 0. The first kappa shape index (κ1) is 13.9. The van der Waals surface area contributed by atoms with Gasteiger partial charge in [0.2, 0.25) is 0 Å². The Morgan fingerprint density at radius 1 is 0.895 bits per heavy atom. The first-order valence-electron chi connectivity index (χ1n) is 8.70. The molecule has 3 atom stereocenters. The monoisotopic (exact) mass is 264 g/mol. The van der Waals surface area contributed by atoms with Gasteiger partial charge >= 0.3 is 0 Å². The molecule has 0 bridgehead atoms. The van der Waals surface area contributed by atoms with Gasteiger partial charge in [-0.2, -0.15) is 0 Å². The Hall–Kier alpha value is -0.0800. The maximum absolute atomic E-state index is 3.53. The van der Waals surface area contributed by atoms with E-state index in [1.807, 2.05) is 0 Å². The lowest BCUT2D eigenvalue weighted by Crippen LogP contribution is -2.48. The van der Waals surface area contributed by atoms with Crippen LogP contribution in [0.25, 0.3) is 0 Å². The second kappa shape index (κ2) is 6.13. The number of likely N-dealkylation sites (tertiary alicyclic amines) is 1. The molecule has 0 aromatic rings. The van der Waals surface area contributed by atoms with Gasteiger partial charge in [-0.1, -0.05) is 13.8 Å². The topological polar surface area (TPSA) is 15.3 Å². The predicted octanol–water partition coefficient (Wildman–Crippen LogP) is 3.28. The van der Waals surface area contributed by atoms with Gasteiger partial charge in [0.15, 0.2) is 0 Å². The smallest absolute Gasteiger partial charge is 0.0128 e. The third kappa shape index (κ3) is 3.16. The Kier molecular flexibility index (Phi) is 4.48. The number of nitrogens with one attached hydrogen (secondary N) is 1. The van der Waals surface area contributed by atoms with E-state index in [2.05, 4.69) is 24.1 Å². The molecule has 2 nitrogen and oxygen atoms in total. The Morgan fingerprint density at radius 3 is 2.26 bits per heavy atom.